The molecule has 0 saturated carbocycles. The molecule has 28 heavy (non-hydrogen) atoms. The zero-order valence-corrected chi connectivity index (χ0v) is 17.4. The van der Waals surface area contributed by atoms with E-state index in [2.05, 4.69) is 61.8 Å². The highest BCUT2D eigenvalue weighted by atomic mass is 16.4. The van der Waals surface area contributed by atoms with Crippen LogP contribution in [-0.4, -0.2) is 56.5 Å². The highest BCUT2D eigenvalue weighted by molar-refractivity contribution is 5.79. The monoisotopic (exact) mass is 384 g/mol. The summed E-state index contributed by atoms with van der Waals surface area (Å²) in [6, 6.07) is 6.63. The Kier molecular flexibility index (Phi) is 4.86. The number of amides is 1. The van der Waals surface area contributed by atoms with E-state index in [1.54, 1.807) is 4.90 Å². The van der Waals surface area contributed by atoms with Gasteiger partial charge in [-0.05, 0) is 70.2 Å². The number of likely N-dealkylation sites (tertiary alicyclic amines) is 2. The Morgan fingerprint density at radius 2 is 2.04 bits per heavy atom. The summed E-state index contributed by atoms with van der Waals surface area (Å²) in [6.45, 7) is 8.41. The van der Waals surface area contributed by atoms with Crippen LogP contribution < -0.4 is 0 Å². The fourth-order valence-corrected chi connectivity index (χ4v) is 4.87. The van der Waals surface area contributed by atoms with Crippen molar-refractivity contribution in [1.82, 2.24) is 19.6 Å². The lowest BCUT2D eigenvalue weighted by atomic mass is 9.87. The van der Waals surface area contributed by atoms with Crippen LogP contribution in [0.25, 0.3) is 10.9 Å². The van der Waals surface area contributed by atoms with Crippen molar-refractivity contribution in [2.45, 2.75) is 64.1 Å². The van der Waals surface area contributed by atoms with Gasteiger partial charge < -0.3 is 14.9 Å². The zero-order chi connectivity index (χ0) is 20.1. The normalized spacial score (nSPS) is 28.6. The van der Waals surface area contributed by atoms with Crippen LogP contribution in [0.2, 0.25) is 0 Å². The molecule has 6 nitrogen and oxygen atoms in total. The van der Waals surface area contributed by atoms with Gasteiger partial charge in [0.1, 0.15) is 0 Å². The molecule has 2 aromatic rings. The van der Waals surface area contributed by atoms with Crippen LogP contribution in [0.3, 0.4) is 0 Å². The SMILES string of the molecule is C[C@H]1CC[C@H](c2ccc3nn([C@@H]4CCN(C)C(C)(C)C4)cc3c2)N(C(=O)O)C1. The summed E-state index contributed by atoms with van der Waals surface area (Å²) in [6.07, 6.45) is 5.47. The van der Waals surface area contributed by atoms with Gasteiger partial charge in [-0.2, -0.15) is 5.10 Å². The van der Waals surface area contributed by atoms with E-state index in [-0.39, 0.29) is 11.6 Å². The van der Waals surface area contributed by atoms with E-state index in [4.69, 9.17) is 5.10 Å². The summed E-state index contributed by atoms with van der Waals surface area (Å²) in [7, 11) is 2.20. The molecular weight excluding hydrogens is 352 g/mol. The predicted octanol–water partition coefficient (Wildman–Crippen LogP) is 4.53. The van der Waals surface area contributed by atoms with Gasteiger partial charge in [-0.25, -0.2) is 4.79 Å². The van der Waals surface area contributed by atoms with E-state index in [1.807, 2.05) is 0 Å². The van der Waals surface area contributed by atoms with Crippen molar-refractivity contribution in [1.29, 1.82) is 0 Å². The standard InChI is InChI=1S/C22H32N4O2/c1-15-5-8-20(25(13-15)21(27)28)16-6-7-19-17(11-16)14-26(23-19)18-9-10-24(4)22(2,3)12-18/h6-7,11,14-15,18,20H,5,8-10,12-13H2,1-4H3,(H,27,28)/t15-,18+,20+/m0/s1. The number of rotatable bonds is 2. The summed E-state index contributed by atoms with van der Waals surface area (Å²) in [5.74, 6) is 0.423. The summed E-state index contributed by atoms with van der Waals surface area (Å²) in [5.41, 5.74) is 2.25. The van der Waals surface area contributed by atoms with Gasteiger partial charge in [0.2, 0.25) is 0 Å². The van der Waals surface area contributed by atoms with Crippen molar-refractivity contribution in [2.24, 2.45) is 5.92 Å². The molecule has 1 amide bonds. The third kappa shape index (κ3) is 3.50. The van der Waals surface area contributed by atoms with E-state index >= 15 is 0 Å². The van der Waals surface area contributed by atoms with Crippen LogP contribution in [-0.2, 0) is 0 Å². The number of aromatic nitrogens is 2. The fourth-order valence-electron chi connectivity index (χ4n) is 4.87. The van der Waals surface area contributed by atoms with Crippen molar-refractivity contribution in [3.05, 3.63) is 30.0 Å². The van der Waals surface area contributed by atoms with Gasteiger partial charge >= 0.3 is 6.09 Å². The number of carbonyl (C=O) groups is 1. The number of nitrogens with zero attached hydrogens (tertiary/aromatic N) is 4. The van der Waals surface area contributed by atoms with Gasteiger partial charge in [-0.1, -0.05) is 13.0 Å². The smallest absolute Gasteiger partial charge is 0.407 e. The maximum Gasteiger partial charge on any atom is 0.407 e. The average Bonchev–Trinajstić information content (AvgIpc) is 3.07. The van der Waals surface area contributed by atoms with Crippen LogP contribution in [0.15, 0.2) is 24.4 Å². The minimum atomic E-state index is -0.819. The third-order valence-electron chi connectivity index (χ3n) is 6.93. The maximum atomic E-state index is 11.8. The molecule has 2 saturated heterocycles. The van der Waals surface area contributed by atoms with Crippen LogP contribution in [0.4, 0.5) is 4.79 Å². The molecule has 1 aromatic heterocycles. The number of fused-ring (bicyclic) bond motifs is 1. The number of benzene rings is 1. The van der Waals surface area contributed by atoms with Crippen LogP contribution in [0.1, 0.15) is 64.1 Å². The molecule has 152 valence electrons. The summed E-state index contributed by atoms with van der Waals surface area (Å²) < 4.78 is 2.14. The van der Waals surface area contributed by atoms with E-state index in [9.17, 15) is 9.90 Å². The highest BCUT2D eigenvalue weighted by Gasteiger charge is 2.34. The number of hydrogen-bond acceptors (Lipinski definition) is 3. The molecule has 6 heteroatoms. The van der Waals surface area contributed by atoms with Crippen LogP contribution in [0, 0.1) is 5.92 Å². The fraction of sp³-hybridized carbons (Fsp3) is 0.636. The minimum Gasteiger partial charge on any atom is -0.465 e. The van der Waals surface area contributed by atoms with E-state index in [0.717, 1.165) is 48.7 Å². The highest BCUT2D eigenvalue weighted by Crippen LogP contribution is 2.36. The van der Waals surface area contributed by atoms with Crippen molar-refractivity contribution >= 4 is 17.0 Å². The molecular formula is C22H32N4O2. The van der Waals surface area contributed by atoms with Crippen molar-refractivity contribution in [3.8, 4) is 0 Å². The minimum absolute atomic E-state index is 0.0521. The molecule has 0 unspecified atom stereocenters. The molecule has 0 bridgehead atoms. The summed E-state index contributed by atoms with van der Waals surface area (Å²) >= 11 is 0. The molecule has 3 heterocycles. The first-order chi connectivity index (χ1) is 13.2. The molecule has 0 radical (unpaired) electrons. The van der Waals surface area contributed by atoms with Gasteiger partial charge in [0.05, 0.1) is 17.6 Å². The van der Waals surface area contributed by atoms with E-state index in [0.29, 0.717) is 18.5 Å². The predicted molar refractivity (Wildman–Crippen MR) is 111 cm³/mol. The zero-order valence-electron chi connectivity index (χ0n) is 17.4. The van der Waals surface area contributed by atoms with E-state index in [1.165, 1.54) is 0 Å². The lowest BCUT2D eigenvalue weighted by Crippen LogP contribution is -2.47. The molecule has 2 aliphatic rings. The molecule has 3 atom stereocenters. The second-order valence-electron chi connectivity index (χ2n) is 9.44. The Labute approximate surface area is 167 Å². The first-order valence-electron chi connectivity index (χ1n) is 10.4. The molecule has 0 spiro atoms. The lowest BCUT2D eigenvalue weighted by Gasteiger charge is -2.43. The van der Waals surface area contributed by atoms with Crippen LogP contribution >= 0.6 is 0 Å². The molecule has 0 aliphatic carbocycles. The Hall–Kier alpha value is -2.08. The Morgan fingerprint density at radius 3 is 2.75 bits per heavy atom. The summed E-state index contributed by atoms with van der Waals surface area (Å²) in [5, 5.41) is 15.6. The van der Waals surface area contributed by atoms with Crippen LogP contribution in [0.5, 0.6) is 0 Å². The summed E-state index contributed by atoms with van der Waals surface area (Å²) in [4.78, 5) is 15.8. The third-order valence-corrected chi connectivity index (χ3v) is 6.93. The quantitative estimate of drug-likeness (QED) is 0.826. The number of piperidine rings is 2. The second-order valence-corrected chi connectivity index (χ2v) is 9.44. The lowest BCUT2D eigenvalue weighted by molar-refractivity contribution is 0.0721. The first kappa shape index (κ1) is 19.2. The average molecular weight is 385 g/mol. The largest absolute Gasteiger partial charge is 0.465 e. The molecule has 4 rings (SSSR count). The molecule has 1 N–H and O–H groups in total. The number of carboxylic acid groups (broad SMARTS) is 1. The number of hydrogen-bond donors (Lipinski definition) is 1. The molecule has 2 aliphatic heterocycles. The maximum absolute atomic E-state index is 11.8. The van der Waals surface area contributed by atoms with Gasteiger partial charge in [0.15, 0.2) is 0 Å². The van der Waals surface area contributed by atoms with Gasteiger partial charge in [0, 0.05) is 30.2 Å². The Morgan fingerprint density at radius 1 is 1.25 bits per heavy atom. The topological polar surface area (TPSA) is 61.6 Å². The van der Waals surface area contributed by atoms with Gasteiger partial charge in [-0.15, -0.1) is 0 Å². The van der Waals surface area contributed by atoms with Crippen molar-refractivity contribution < 1.29 is 9.90 Å². The van der Waals surface area contributed by atoms with Gasteiger partial charge in [0.25, 0.3) is 0 Å². The van der Waals surface area contributed by atoms with Crippen molar-refractivity contribution in [3.63, 3.8) is 0 Å². The Bertz CT molecular complexity index is 875. The van der Waals surface area contributed by atoms with Gasteiger partial charge in [-0.3, -0.25) is 4.68 Å². The molecule has 1 aromatic carbocycles. The molecule has 2 fully saturated rings. The Balaban J connectivity index is 1.61. The van der Waals surface area contributed by atoms with E-state index < -0.39 is 6.09 Å². The first-order valence-corrected chi connectivity index (χ1v) is 10.4. The van der Waals surface area contributed by atoms with Crippen molar-refractivity contribution in [2.75, 3.05) is 20.1 Å². The second kappa shape index (κ2) is 7.07.